The van der Waals surface area contributed by atoms with Crippen LogP contribution in [0.15, 0.2) is 28.2 Å². The Morgan fingerprint density at radius 1 is 1.38 bits per heavy atom. The maximum absolute atomic E-state index is 12.9. The zero-order valence-corrected chi connectivity index (χ0v) is 17.5. The molecular weight excluding hydrogens is 431 g/mol. The molecule has 0 fully saturated rings. The molecule has 0 aliphatic heterocycles. The van der Waals surface area contributed by atoms with E-state index in [0.29, 0.717) is 39.3 Å². The first-order chi connectivity index (χ1) is 13.6. The highest BCUT2D eigenvalue weighted by molar-refractivity contribution is 7.99. The van der Waals surface area contributed by atoms with Crippen molar-refractivity contribution in [2.24, 2.45) is 5.92 Å². The molecule has 0 bridgehead atoms. The summed E-state index contributed by atoms with van der Waals surface area (Å²) < 4.78 is 41.7. The van der Waals surface area contributed by atoms with Crippen LogP contribution < -0.4 is 10.9 Å². The molecule has 6 nitrogen and oxygen atoms in total. The van der Waals surface area contributed by atoms with Gasteiger partial charge in [0, 0.05) is 23.9 Å². The summed E-state index contributed by atoms with van der Waals surface area (Å²) in [6, 6.07) is 4.86. The van der Waals surface area contributed by atoms with Gasteiger partial charge in [0.25, 0.3) is 5.56 Å². The van der Waals surface area contributed by atoms with E-state index in [1.807, 2.05) is 13.8 Å². The minimum atomic E-state index is -4.57. The van der Waals surface area contributed by atoms with Crippen molar-refractivity contribution in [2.75, 3.05) is 18.9 Å². The standard InChI is InChI=1S/C18H21ClF3N3O3S/c1-11(2)5-7-25-15(26)13-4-3-12(19)9-14(13)24-16(25)29-8-6-23-17(27)28-10-18(20,21)22/h3-4,9,11H,5-8,10H2,1-2H3,(H,23,27). The fraction of sp³-hybridized carbons (Fsp3) is 0.500. The normalized spacial score (nSPS) is 11.8. The van der Waals surface area contributed by atoms with Crippen LogP contribution in [0.2, 0.25) is 5.02 Å². The van der Waals surface area contributed by atoms with Gasteiger partial charge in [-0.05, 0) is 30.5 Å². The lowest BCUT2D eigenvalue weighted by Gasteiger charge is -2.14. The Balaban J connectivity index is 2.08. The third-order valence-electron chi connectivity index (χ3n) is 3.78. The van der Waals surface area contributed by atoms with Crippen LogP contribution >= 0.6 is 23.4 Å². The lowest BCUT2D eigenvalue weighted by atomic mass is 10.1. The molecule has 0 aliphatic rings. The quantitative estimate of drug-likeness (QED) is 0.364. The van der Waals surface area contributed by atoms with E-state index in [2.05, 4.69) is 15.0 Å². The van der Waals surface area contributed by atoms with E-state index in [9.17, 15) is 22.8 Å². The van der Waals surface area contributed by atoms with Crippen molar-refractivity contribution in [1.29, 1.82) is 0 Å². The number of aromatic nitrogens is 2. The molecule has 29 heavy (non-hydrogen) atoms. The molecule has 160 valence electrons. The minimum absolute atomic E-state index is 0.0506. The van der Waals surface area contributed by atoms with E-state index in [0.717, 1.165) is 6.42 Å². The van der Waals surface area contributed by atoms with Crippen molar-refractivity contribution in [1.82, 2.24) is 14.9 Å². The molecule has 2 aromatic rings. The summed E-state index contributed by atoms with van der Waals surface area (Å²) in [5.74, 6) is 0.673. The second-order valence-electron chi connectivity index (χ2n) is 6.66. The van der Waals surface area contributed by atoms with E-state index in [-0.39, 0.29) is 12.1 Å². The number of fused-ring (bicyclic) bond motifs is 1. The number of nitrogens with one attached hydrogen (secondary N) is 1. The molecule has 2 rings (SSSR count). The molecule has 0 saturated carbocycles. The molecular formula is C18H21ClF3N3O3S. The Hall–Kier alpha value is -1.94. The molecule has 1 amide bonds. The van der Waals surface area contributed by atoms with Gasteiger partial charge in [-0.25, -0.2) is 9.78 Å². The predicted molar refractivity (Wildman–Crippen MR) is 107 cm³/mol. The number of thioether (sulfide) groups is 1. The van der Waals surface area contributed by atoms with Gasteiger partial charge >= 0.3 is 12.3 Å². The van der Waals surface area contributed by atoms with Crippen LogP contribution in [-0.4, -0.2) is 40.7 Å². The molecule has 0 spiro atoms. The lowest BCUT2D eigenvalue weighted by molar-refractivity contribution is -0.160. The number of rotatable bonds is 8. The summed E-state index contributed by atoms with van der Waals surface area (Å²) in [4.78, 5) is 28.7. The minimum Gasteiger partial charge on any atom is -0.440 e. The molecule has 1 aromatic heterocycles. The van der Waals surface area contributed by atoms with Crippen LogP contribution in [0.4, 0.5) is 18.0 Å². The number of nitrogens with zero attached hydrogens (tertiary/aromatic N) is 2. The third-order valence-corrected chi connectivity index (χ3v) is 5.00. The number of hydrogen-bond donors (Lipinski definition) is 1. The summed E-state index contributed by atoms with van der Waals surface area (Å²) in [7, 11) is 0. The topological polar surface area (TPSA) is 73.2 Å². The van der Waals surface area contributed by atoms with Gasteiger partial charge in [0.2, 0.25) is 0 Å². The molecule has 0 atom stereocenters. The molecule has 0 unspecified atom stereocenters. The van der Waals surface area contributed by atoms with Crippen LogP contribution in [0.5, 0.6) is 0 Å². The maximum Gasteiger partial charge on any atom is 0.422 e. The predicted octanol–water partition coefficient (Wildman–Crippen LogP) is 4.48. The largest absolute Gasteiger partial charge is 0.440 e. The first-order valence-electron chi connectivity index (χ1n) is 8.87. The Labute approximate surface area is 174 Å². The highest BCUT2D eigenvalue weighted by atomic mass is 35.5. The van der Waals surface area contributed by atoms with Crippen molar-refractivity contribution in [2.45, 2.75) is 38.1 Å². The van der Waals surface area contributed by atoms with E-state index < -0.39 is 18.9 Å². The van der Waals surface area contributed by atoms with Gasteiger partial charge in [0.05, 0.1) is 10.9 Å². The fourth-order valence-electron chi connectivity index (χ4n) is 2.36. The zero-order chi connectivity index (χ0) is 21.6. The second kappa shape index (κ2) is 10.2. The average Bonchev–Trinajstić information content (AvgIpc) is 2.62. The van der Waals surface area contributed by atoms with Gasteiger partial charge in [0.15, 0.2) is 11.8 Å². The van der Waals surface area contributed by atoms with Gasteiger partial charge in [-0.15, -0.1) is 0 Å². The number of carbonyl (C=O) groups is 1. The number of carbonyl (C=O) groups excluding carboxylic acids is 1. The molecule has 11 heteroatoms. The van der Waals surface area contributed by atoms with Gasteiger partial charge in [0.1, 0.15) is 0 Å². The van der Waals surface area contributed by atoms with Gasteiger partial charge in [-0.3, -0.25) is 9.36 Å². The second-order valence-corrected chi connectivity index (χ2v) is 8.16. The van der Waals surface area contributed by atoms with Gasteiger partial charge < -0.3 is 10.1 Å². The lowest BCUT2D eigenvalue weighted by Crippen LogP contribution is -2.30. The Bertz CT molecular complexity index is 919. The first kappa shape index (κ1) is 23.3. The number of hydrogen-bond acceptors (Lipinski definition) is 5. The molecule has 1 aromatic carbocycles. The Morgan fingerprint density at radius 3 is 2.76 bits per heavy atom. The smallest absolute Gasteiger partial charge is 0.422 e. The van der Waals surface area contributed by atoms with E-state index in [4.69, 9.17) is 11.6 Å². The third kappa shape index (κ3) is 7.43. The number of alkyl carbamates (subject to hydrolysis) is 1. The molecule has 0 saturated heterocycles. The average molecular weight is 452 g/mol. The zero-order valence-electron chi connectivity index (χ0n) is 15.9. The van der Waals surface area contributed by atoms with Gasteiger partial charge in [-0.1, -0.05) is 37.2 Å². The molecule has 1 heterocycles. The van der Waals surface area contributed by atoms with Crippen LogP contribution in [0, 0.1) is 5.92 Å². The van der Waals surface area contributed by atoms with Crippen molar-refractivity contribution < 1.29 is 22.7 Å². The molecule has 1 N–H and O–H groups in total. The van der Waals surface area contributed by atoms with Crippen molar-refractivity contribution in [3.05, 3.63) is 33.6 Å². The summed E-state index contributed by atoms with van der Waals surface area (Å²) in [5.41, 5.74) is 0.274. The number of amides is 1. The summed E-state index contributed by atoms with van der Waals surface area (Å²) in [6.07, 6.45) is -4.95. The summed E-state index contributed by atoms with van der Waals surface area (Å²) in [5, 5.41) is 3.60. The number of alkyl halides is 3. The molecule has 0 radical (unpaired) electrons. The number of benzene rings is 1. The monoisotopic (exact) mass is 451 g/mol. The first-order valence-corrected chi connectivity index (χ1v) is 10.2. The van der Waals surface area contributed by atoms with Gasteiger partial charge in [-0.2, -0.15) is 13.2 Å². The molecule has 0 aliphatic carbocycles. The highest BCUT2D eigenvalue weighted by Gasteiger charge is 2.29. The Morgan fingerprint density at radius 2 is 2.10 bits per heavy atom. The van der Waals surface area contributed by atoms with Crippen molar-refractivity contribution >= 4 is 40.4 Å². The van der Waals surface area contributed by atoms with Crippen molar-refractivity contribution in [3.8, 4) is 0 Å². The van der Waals surface area contributed by atoms with E-state index in [1.54, 1.807) is 22.8 Å². The fourth-order valence-corrected chi connectivity index (χ4v) is 3.41. The summed E-state index contributed by atoms with van der Waals surface area (Å²) in [6.45, 7) is 2.97. The van der Waals surface area contributed by atoms with Crippen LogP contribution in [0.3, 0.4) is 0 Å². The number of ether oxygens (including phenoxy) is 1. The maximum atomic E-state index is 12.9. The van der Waals surface area contributed by atoms with Crippen LogP contribution in [0.1, 0.15) is 20.3 Å². The van der Waals surface area contributed by atoms with E-state index in [1.165, 1.54) is 11.8 Å². The SMILES string of the molecule is CC(C)CCn1c(SCCNC(=O)OCC(F)(F)F)nc2cc(Cl)ccc2c1=O. The highest BCUT2D eigenvalue weighted by Crippen LogP contribution is 2.21. The number of halogens is 4. The van der Waals surface area contributed by atoms with E-state index >= 15 is 0 Å². The Kier molecular flexibility index (Phi) is 8.21. The summed E-state index contributed by atoms with van der Waals surface area (Å²) >= 11 is 7.21. The van der Waals surface area contributed by atoms with Crippen molar-refractivity contribution in [3.63, 3.8) is 0 Å². The van der Waals surface area contributed by atoms with Crippen LogP contribution in [0.25, 0.3) is 10.9 Å². The van der Waals surface area contributed by atoms with Crippen LogP contribution in [-0.2, 0) is 11.3 Å².